The Bertz CT molecular complexity index is 772. The number of nitrogens with one attached hydrogen (secondary N) is 1. The molecule has 1 N–H and O–H groups in total. The maximum Gasteiger partial charge on any atom is 0.277 e. The molecule has 1 amide bonds. The molecule has 2 heterocycles. The van der Waals surface area contributed by atoms with Gasteiger partial charge in [-0.3, -0.25) is 4.79 Å². The van der Waals surface area contributed by atoms with Crippen LogP contribution in [0.5, 0.6) is 0 Å². The average molecular weight is 402 g/mol. The lowest BCUT2D eigenvalue weighted by molar-refractivity contribution is -0.896. The van der Waals surface area contributed by atoms with Crippen molar-refractivity contribution < 1.29 is 26.9 Å². The highest BCUT2D eigenvalue weighted by Crippen LogP contribution is 2.20. The van der Waals surface area contributed by atoms with Gasteiger partial charge in [0.05, 0.1) is 26.2 Å². The second-order valence-corrected chi connectivity index (χ2v) is 9.11. The Morgan fingerprint density at radius 1 is 1.00 bits per heavy atom. The lowest BCUT2D eigenvalue weighted by atomic mass is 10.2. The Balaban J connectivity index is 1.57. The summed E-state index contributed by atoms with van der Waals surface area (Å²) in [6.07, 6.45) is 4.40. The number of rotatable bonds is 4. The SMILES string of the molecule is O=C(C[NH+]1CCN(S(=O)(=O)c2ccc(F)cc2F)CC1)N1CCCCCC1. The normalized spacial score (nSPS) is 20.4. The van der Waals surface area contributed by atoms with Gasteiger partial charge in [-0.25, -0.2) is 17.2 Å². The molecule has 2 fully saturated rings. The van der Waals surface area contributed by atoms with Crippen LogP contribution in [-0.4, -0.2) is 69.3 Å². The molecule has 0 radical (unpaired) electrons. The first kappa shape index (κ1) is 20.2. The van der Waals surface area contributed by atoms with E-state index >= 15 is 0 Å². The highest BCUT2D eigenvalue weighted by molar-refractivity contribution is 7.89. The summed E-state index contributed by atoms with van der Waals surface area (Å²) in [5.41, 5.74) is 0. The van der Waals surface area contributed by atoms with Crippen molar-refractivity contribution >= 4 is 15.9 Å². The van der Waals surface area contributed by atoms with Gasteiger partial charge < -0.3 is 9.80 Å². The van der Waals surface area contributed by atoms with E-state index in [4.69, 9.17) is 0 Å². The molecule has 2 aliphatic rings. The molecular formula is C18H26F2N3O3S+. The Morgan fingerprint density at radius 2 is 1.63 bits per heavy atom. The minimum Gasteiger partial charge on any atom is -0.338 e. The number of quaternary nitrogens is 1. The van der Waals surface area contributed by atoms with Crippen LogP contribution in [0.4, 0.5) is 8.78 Å². The van der Waals surface area contributed by atoms with Gasteiger partial charge in [0, 0.05) is 19.2 Å². The molecule has 2 aliphatic heterocycles. The lowest BCUT2D eigenvalue weighted by Crippen LogP contribution is -3.15. The molecule has 1 aromatic rings. The van der Waals surface area contributed by atoms with Crippen molar-refractivity contribution in [2.45, 2.75) is 30.6 Å². The molecule has 1 aromatic carbocycles. The van der Waals surface area contributed by atoms with E-state index in [9.17, 15) is 22.0 Å². The first-order valence-corrected chi connectivity index (χ1v) is 10.9. The van der Waals surface area contributed by atoms with Crippen molar-refractivity contribution in [1.29, 1.82) is 0 Å². The molecular weight excluding hydrogens is 376 g/mol. The van der Waals surface area contributed by atoms with Gasteiger partial charge in [-0.05, 0) is 25.0 Å². The molecule has 0 atom stereocenters. The number of sulfonamides is 1. The highest BCUT2D eigenvalue weighted by atomic mass is 32.2. The van der Waals surface area contributed by atoms with E-state index in [-0.39, 0.29) is 19.0 Å². The van der Waals surface area contributed by atoms with E-state index in [2.05, 4.69) is 0 Å². The van der Waals surface area contributed by atoms with Crippen LogP contribution in [-0.2, 0) is 14.8 Å². The summed E-state index contributed by atoms with van der Waals surface area (Å²) in [5.74, 6) is -1.78. The van der Waals surface area contributed by atoms with E-state index in [0.29, 0.717) is 25.7 Å². The number of carbonyl (C=O) groups excluding carboxylic acids is 1. The van der Waals surface area contributed by atoms with Gasteiger partial charge in [0.15, 0.2) is 6.54 Å². The number of hydrogen-bond acceptors (Lipinski definition) is 3. The Hall–Kier alpha value is -1.58. The Kier molecular flexibility index (Phi) is 6.44. The van der Waals surface area contributed by atoms with Crippen LogP contribution in [0.2, 0.25) is 0 Å². The number of hydrogen-bond donors (Lipinski definition) is 1. The Labute approximate surface area is 158 Å². The summed E-state index contributed by atoms with van der Waals surface area (Å²) in [6, 6.07) is 2.48. The maximum atomic E-state index is 13.9. The van der Waals surface area contributed by atoms with Crippen molar-refractivity contribution in [2.24, 2.45) is 0 Å². The fraction of sp³-hybridized carbons (Fsp3) is 0.611. The van der Waals surface area contributed by atoms with Gasteiger partial charge >= 0.3 is 0 Å². The number of benzene rings is 1. The number of carbonyl (C=O) groups is 1. The predicted octanol–water partition coefficient (Wildman–Crippen LogP) is 0.257. The van der Waals surface area contributed by atoms with Crippen LogP contribution in [0, 0.1) is 11.6 Å². The molecule has 0 bridgehead atoms. The molecule has 27 heavy (non-hydrogen) atoms. The summed E-state index contributed by atoms with van der Waals surface area (Å²) in [4.78, 5) is 14.9. The Morgan fingerprint density at radius 3 is 2.22 bits per heavy atom. The number of halogens is 2. The molecule has 0 unspecified atom stereocenters. The zero-order valence-corrected chi connectivity index (χ0v) is 16.1. The number of likely N-dealkylation sites (tertiary alicyclic amines) is 1. The minimum absolute atomic E-state index is 0.118. The smallest absolute Gasteiger partial charge is 0.277 e. The third kappa shape index (κ3) is 4.83. The van der Waals surface area contributed by atoms with Crippen LogP contribution in [0.25, 0.3) is 0 Å². The molecule has 6 nitrogen and oxygen atoms in total. The van der Waals surface area contributed by atoms with Crippen LogP contribution < -0.4 is 4.90 Å². The van der Waals surface area contributed by atoms with Gasteiger partial charge in [-0.15, -0.1) is 0 Å². The molecule has 0 aromatic heterocycles. The standard InChI is InChI=1S/C18H25F2N3O3S/c19-15-5-6-17(16(20)13-15)27(25,26)23-11-9-21(10-12-23)14-18(24)22-7-3-1-2-4-8-22/h5-6,13H,1-4,7-12,14H2/p+1. The summed E-state index contributed by atoms with van der Waals surface area (Å²) >= 11 is 0. The lowest BCUT2D eigenvalue weighted by Gasteiger charge is -2.32. The van der Waals surface area contributed by atoms with E-state index in [0.717, 1.165) is 55.8 Å². The predicted molar refractivity (Wildman–Crippen MR) is 95.7 cm³/mol. The molecule has 150 valence electrons. The molecule has 3 rings (SSSR count). The van der Waals surface area contributed by atoms with E-state index < -0.39 is 26.6 Å². The number of nitrogens with zero attached hydrogens (tertiary/aromatic N) is 2. The van der Waals surface area contributed by atoms with Crippen molar-refractivity contribution in [2.75, 3.05) is 45.8 Å². The van der Waals surface area contributed by atoms with Crippen molar-refractivity contribution in [1.82, 2.24) is 9.21 Å². The quantitative estimate of drug-likeness (QED) is 0.786. The van der Waals surface area contributed by atoms with Crippen molar-refractivity contribution in [3.05, 3.63) is 29.8 Å². The summed E-state index contributed by atoms with van der Waals surface area (Å²) in [6.45, 7) is 3.36. The van der Waals surface area contributed by atoms with Gasteiger partial charge in [-0.2, -0.15) is 4.31 Å². The van der Waals surface area contributed by atoms with Gasteiger partial charge in [0.2, 0.25) is 10.0 Å². The zero-order valence-electron chi connectivity index (χ0n) is 15.3. The minimum atomic E-state index is -4.00. The fourth-order valence-electron chi connectivity index (χ4n) is 3.69. The first-order chi connectivity index (χ1) is 12.9. The van der Waals surface area contributed by atoms with Crippen LogP contribution in [0.1, 0.15) is 25.7 Å². The van der Waals surface area contributed by atoms with Crippen LogP contribution in [0.15, 0.2) is 23.1 Å². The highest BCUT2D eigenvalue weighted by Gasteiger charge is 2.33. The van der Waals surface area contributed by atoms with Gasteiger partial charge in [0.1, 0.15) is 16.5 Å². The topological polar surface area (TPSA) is 62.1 Å². The van der Waals surface area contributed by atoms with Crippen LogP contribution in [0.3, 0.4) is 0 Å². The zero-order chi connectivity index (χ0) is 19.4. The third-order valence-corrected chi connectivity index (χ3v) is 7.23. The third-order valence-electron chi connectivity index (χ3n) is 5.30. The van der Waals surface area contributed by atoms with E-state index in [1.54, 1.807) is 0 Å². The monoisotopic (exact) mass is 402 g/mol. The first-order valence-electron chi connectivity index (χ1n) is 9.44. The average Bonchev–Trinajstić information content (AvgIpc) is 2.91. The number of piperazine rings is 1. The van der Waals surface area contributed by atoms with Crippen LogP contribution >= 0.6 is 0 Å². The van der Waals surface area contributed by atoms with Crippen molar-refractivity contribution in [3.63, 3.8) is 0 Å². The molecule has 9 heteroatoms. The molecule has 2 saturated heterocycles. The summed E-state index contributed by atoms with van der Waals surface area (Å²) in [5, 5.41) is 0. The molecule has 0 aliphatic carbocycles. The fourth-order valence-corrected chi connectivity index (χ4v) is 5.18. The van der Waals surface area contributed by atoms with Crippen molar-refractivity contribution in [3.8, 4) is 0 Å². The van der Waals surface area contributed by atoms with E-state index in [1.165, 1.54) is 4.31 Å². The molecule has 0 spiro atoms. The maximum absolute atomic E-state index is 13.9. The van der Waals surface area contributed by atoms with Gasteiger partial charge in [0.25, 0.3) is 5.91 Å². The van der Waals surface area contributed by atoms with Gasteiger partial charge in [-0.1, -0.05) is 12.8 Å². The largest absolute Gasteiger partial charge is 0.338 e. The summed E-state index contributed by atoms with van der Waals surface area (Å²) in [7, 11) is -4.00. The van der Waals surface area contributed by atoms with E-state index in [1.807, 2.05) is 4.90 Å². The second kappa shape index (κ2) is 8.62. The second-order valence-electron chi connectivity index (χ2n) is 7.20. The number of amides is 1. The summed E-state index contributed by atoms with van der Waals surface area (Å²) < 4.78 is 53.4. The molecule has 0 saturated carbocycles.